The Morgan fingerprint density at radius 3 is 2.75 bits per heavy atom. The van der Waals surface area contributed by atoms with Gasteiger partial charge in [-0.15, -0.1) is 0 Å². The SMILES string of the molecule is C=C/C=C\C(=C(C)C)c1cnc2[nH]cc(-c3ccn4ncc(C(=C)NC5CCN(C)CC5)c4c3)c2c1. The molecule has 4 aromatic heterocycles. The maximum Gasteiger partial charge on any atom is 0.137 e. The van der Waals surface area contributed by atoms with Gasteiger partial charge in [0.1, 0.15) is 5.65 Å². The summed E-state index contributed by atoms with van der Waals surface area (Å²) in [5.41, 5.74) is 9.58. The van der Waals surface area contributed by atoms with E-state index in [2.05, 4.69) is 78.6 Å². The van der Waals surface area contributed by atoms with Crippen molar-refractivity contribution in [2.75, 3.05) is 20.1 Å². The van der Waals surface area contributed by atoms with Crippen molar-refractivity contribution in [3.05, 3.63) is 91.1 Å². The number of aromatic amines is 1. The summed E-state index contributed by atoms with van der Waals surface area (Å²) >= 11 is 0. The lowest BCUT2D eigenvalue weighted by Gasteiger charge is -2.30. The van der Waals surface area contributed by atoms with Gasteiger partial charge in [-0.25, -0.2) is 9.50 Å². The molecule has 184 valence electrons. The van der Waals surface area contributed by atoms with Gasteiger partial charge >= 0.3 is 0 Å². The van der Waals surface area contributed by atoms with Gasteiger partial charge in [0.25, 0.3) is 0 Å². The fourth-order valence-corrected chi connectivity index (χ4v) is 4.96. The Bertz CT molecular complexity index is 1490. The van der Waals surface area contributed by atoms with Crippen LogP contribution in [0.2, 0.25) is 0 Å². The molecule has 5 heterocycles. The predicted molar refractivity (Wildman–Crippen MR) is 151 cm³/mol. The van der Waals surface area contributed by atoms with E-state index in [4.69, 9.17) is 4.98 Å². The number of piperidine rings is 1. The second-order valence-electron chi connectivity index (χ2n) is 9.83. The molecule has 0 amide bonds. The summed E-state index contributed by atoms with van der Waals surface area (Å²) in [4.78, 5) is 10.4. The number of allylic oxidation sites excluding steroid dienone is 5. The van der Waals surface area contributed by atoms with Crippen molar-refractivity contribution >= 4 is 27.8 Å². The van der Waals surface area contributed by atoms with E-state index < -0.39 is 0 Å². The van der Waals surface area contributed by atoms with Crippen LogP contribution < -0.4 is 5.32 Å². The third-order valence-electron chi connectivity index (χ3n) is 7.03. The smallest absolute Gasteiger partial charge is 0.137 e. The fourth-order valence-electron chi connectivity index (χ4n) is 4.96. The van der Waals surface area contributed by atoms with Crippen LogP contribution in [0.5, 0.6) is 0 Å². The van der Waals surface area contributed by atoms with E-state index in [-0.39, 0.29) is 0 Å². The van der Waals surface area contributed by atoms with Gasteiger partial charge in [0.2, 0.25) is 0 Å². The molecule has 2 N–H and O–H groups in total. The van der Waals surface area contributed by atoms with Gasteiger partial charge in [-0.2, -0.15) is 5.10 Å². The first kappa shape index (κ1) is 23.8. The Morgan fingerprint density at radius 2 is 2.00 bits per heavy atom. The molecule has 0 unspecified atom stereocenters. The van der Waals surface area contributed by atoms with Crippen molar-refractivity contribution in [1.82, 2.24) is 29.8 Å². The monoisotopic (exact) mass is 478 g/mol. The van der Waals surface area contributed by atoms with Crippen LogP contribution in [0.3, 0.4) is 0 Å². The summed E-state index contributed by atoms with van der Waals surface area (Å²) in [5, 5.41) is 9.33. The second-order valence-corrected chi connectivity index (χ2v) is 9.83. The molecule has 0 spiro atoms. The summed E-state index contributed by atoms with van der Waals surface area (Å²) in [6, 6.07) is 6.96. The van der Waals surface area contributed by atoms with E-state index in [0.717, 1.165) is 76.0 Å². The van der Waals surface area contributed by atoms with Crippen LogP contribution in [-0.2, 0) is 0 Å². The number of likely N-dealkylation sites (tertiary alicyclic amines) is 1. The number of pyridine rings is 2. The standard InChI is InChI=1S/C30H34N6/c1-6-7-8-25(20(2)3)23-15-26-28(18-32-30(26)31-17-23)22-9-14-36-29(16-22)27(19-33-36)21(4)34-24-10-12-35(5)13-11-24/h6-9,14-19,24,34H,1,4,10-13H2,2-3,5H3,(H,31,32)/b8-7-. The molecule has 1 fully saturated rings. The van der Waals surface area contributed by atoms with Crippen molar-refractivity contribution in [2.45, 2.75) is 32.7 Å². The minimum Gasteiger partial charge on any atom is -0.382 e. The molecule has 6 nitrogen and oxygen atoms in total. The van der Waals surface area contributed by atoms with Crippen LogP contribution in [0.4, 0.5) is 0 Å². The van der Waals surface area contributed by atoms with Gasteiger partial charge in [0.05, 0.1) is 11.7 Å². The zero-order valence-electron chi connectivity index (χ0n) is 21.4. The van der Waals surface area contributed by atoms with Crippen LogP contribution in [0, 0.1) is 0 Å². The molecule has 0 saturated carbocycles. The summed E-state index contributed by atoms with van der Waals surface area (Å²) in [7, 11) is 2.18. The minimum absolute atomic E-state index is 0.448. The van der Waals surface area contributed by atoms with E-state index in [1.165, 1.54) is 5.57 Å². The molecule has 1 aliphatic heterocycles. The van der Waals surface area contributed by atoms with Crippen molar-refractivity contribution in [2.24, 2.45) is 0 Å². The third-order valence-corrected chi connectivity index (χ3v) is 7.03. The highest BCUT2D eigenvalue weighted by atomic mass is 15.2. The van der Waals surface area contributed by atoms with Crippen LogP contribution in [-0.4, -0.2) is 50.7 Å². The molecular weight excluding hydrogens is 444 g/mol. The normalized spacial score (nSPS) is 15.1. The molecule has 4 aromatic rings. The Labute approximate surface area is 212 Å². The predicted octanol–water partition coefficient (Wildman–Crippen LogP) is 6.07. The maximum atomic E-state index is 4.71. The first-order chi connectivity index (χ1) is 17.4. The van der Waals surface area contributed by atoms with Crippen molar-refractivity contribution < 1.29 is 0 Å². The quantitative estimate of drug-likeness (QED) is 0.317. The Balaban J connectivity index is 1.50. The molecule has 1 aliphatic rings. The lowest BCUT2D eigenvalue weighted by molar-refractivity contribution is 0.245. The van der Waals surface area contributed by atoms with Gasteiger partial charge in [-0.05, 0) is 76.2 Å². The first-order valence-corrected chi connectivity index (χ1v) is 12.5. The number of rotatable bonds is 7. The lowest BCUT2D eigenvalue weighted by Crippen LogP contribution is -2.39. The molecule has 0 aliphatic carbocycles. The molecule has 5 rings (SSSR count). The topological polar surface area (TPSA) is 61.3 Å². The van der Waals surface area contributed by atoms with E-state index in [0.29, 0.717) is 6.04 Å². The number of hydrogen-bond acceptors (Lipinski definition) is 4. The number of H-pyrrole nitrogens is 1. The summed E-state index contributed by atoms with van der Waals surface area (Å²) in [5.74, 6) is 0. The Kier molecular flexibility index (Phi) is 6.61. The molecule has 36 heavy (non-hydrogen) atoms. The largest absolute Gasteiger partial charge is 0.382 e. The number of nitrogens with zero attached hydrogens (tertiary/aromatic N) is 4. The maximum absolute atomic E-state index is 4.71. The van der Waals surface area contributed by atoms with Gasteiger partial charge < -0.3 is 15.2 Å². The average molecular weight is 479 g/mol. The van der Waals surface area contributed by atoms with Crippen molar-refractivity contribution in [3.63, 3.8) is 0 Å². The highest BCUT2D eigenvalue weighted by molar-refractivity contribution is 5.97. The molecule has 0 radical (unpaired) electrons. The average Bonchev–Trinajstić information content (AvgIpc) is 3.49. The molecule has 0 atom stereocenters. The summed E-state index contributed by atoms with van der Waals surface area (Å²) < 4.78 is 1.92. The zero-order valence-corrected chi connectivity index (χ0v) is 21.4. The first-order valence-electron chi connectivity index (χ1n) is 12.5. The van der Waals surface area contributed by atoms with Crippen LogP contribution >= 0.6 is 0 Å². The van der Waals surface area contributed by atoms with Gasteiger partial charge in [0.15, 0.2) is 0 Å². The van der Waals surface area contributed by atoms with Crippen LogP contribution in [0.1, 0.15) is 37.8 Å². The van der Waals surface area contributed by atoms with Crippen molar-refractivity contribution in [1.29, 1.82) is 0 Å². The molecular formula is C30H34N6. The number of nitrogens with one attached hydrogen (secondary N) is 2. The third kappa shape index (κ3) is 4.64. The number of fused-ring (bicyclic) bond motifs is 2. The second kappa shape index (κ2) is 9.99. The number of aromatic nitrogens is 4. The van der Waals surface area contributed by atoms with Crippen LogP contribution in [0.25, 0.3) is 38.9 Å². The number of hydrogen-bond donors (Lipinski definition) is 2. The molecule has 1 saturated heterocycles. The van der Waals surface area contributed by atoms with Gasteiger partial charge in [-0.1, -0.05) is 37.0 Å². The van der Waals surface area contributed by atoms with E-state index in [1.807, 2.05) is 35.4 Å². The molecule has 6 heteroatoms. The fraction of sp³-hybridized carbons (Fsp3) is 0.267. The minimum atomic E-state index is 0.448. The van der Waals surface area contributed by atoms with E-state index in [9.17, 15) is 0 Å². The van der Waals surface area contributed by atoms with Crippen LogP contribution in [0.15, 0.2) is 79.9 Å². The van der Waals surface area contributed by atoms with Crippen molar-refractivity contribution in [3.8, 4) is 11.1 Å². The summed E-state index contributed by atoms with van der Waals surface area (Å²) in [6.07, 6.45) is 16.0. The lowest BCUT2D eigenvalue weighted by atomic mass is 9.99. The van der Waals surface area contributed by atoms with E-state index in [1.54, 1.807) is 6.08 Å². The zero-order chi connectivity index (χ0) is 25.2. The summed E-state index contributed by atoms with van der Waals surface area (Å²) in [6.45, 7) is 14.6. The van der Waals surface area contributed by atoms with E-state index >= 15 is 0 Å². The Hall–Kier alpha value is -3.90. The molecule has 0 aromatic carbocycles. The van der Waals surface area contributed by atoms with Gasteiger partial charge in [0, 0.05) is 52.4 Å². The highest BCUT2D eigenvalue weighted by Crippen LogP contribution is 2.32. The van der Waals surface area contributed by atoms with Gasteiger partial charge in [-0.3, -0.25) is 0 Å². The highest BCUT2D eigenvalue weighted by Gasteiger charge is 2.19. The Morgan fingerprint density at radius 1 is 1.19 bits per heavy atom. The molecule has 0 bridgehead atoms.